The van der Waals surface area contributed by atoms with Crippen molar-refractivity contribution in [2.45, 2.75) is 0 Å². The molecule has 0 bridgehead atoms. The van der Waals surface area contributed by atoms with Crippen molar-refractivity contribution in [3.05, 3.63) is 77.3 Å². The third-order valence-corrected chi connectivity index (χ3v) is 4.23. The smallest absolute Gasteiger partial charge is 0.160 e. The van der Waals surface area contributed by atoms with Gasteiger partial charge in [0.1, 0.15) is 0 Å². The van der Waals surface area contributed by atoms with E-state index >= 15 is 0 Å². The van der Waals surface area contributed by atoms with E-state index in [0.29, 0.717) is 16.5 Å². The van der Waals surface area contributed by atoms with Crippen LogP contribution in [0.4, 0.5) is 20.3 Å². The Labute approximate surface area is 147 Å². The molecule has 3 aromatic carbocycles. The lowest BCUT2D eigenvalue weighted by Gasteiger charge is -2.07. The zero-order valence-electron chi connectivity index (χ0n) is 12.9. The molecular weight excluding hydrogens is 344 g/mol. The predicted molar refractivity (Wildman–Crippen MR) is 96.2 cm³/mol. The lowest BCUT2D eigenvalue weighted by molar-refractivity contribution is 0.509. The van der Waals surface area contributed by atoms with E-state index in [9.17, 15) is 8.78 Å². The summed E-state index contributed by atoms with van der Waals surface area (Å²) < 4.78 is 26.5. The molecule has 0 atom stereocenters. The van der Waals surface area contributed by atoms with Crippen LogP contribution in [0.2, 0.25) is 5.02 Å². The summed E-state index contributed by atoms with van der Waals surface area (Å²) in [6, 6.07) is 17.1. The van der Waals surface area contributed by atoms with Crippen molar-refractivity contribution >= 4 is 34.0 Å². The van der Waals surface area contributed by atoms with Gasteiger partial charge in [0, 0.05) is 22.7 Å². The van der Waals surface area contributed by atoms with Crippen LogP contribution >= 0.6 is 11.6 Å². The topological polar surface area (TPSA) is 40.7 Å². The monoisotopic (exact) mass is 355 g/mol. The minimum Gasteiger partial charge on any atom is -0.338 e. The van der Waals surface area contributed by atoms with Crippen LogP contribution in [-0.4, -0.2) is 10.2 Å². The fourth-order valence-electron chi connectivity index (χ4n) is 2.68. The van der Waals surface area contributed by atoms with E-state index in [1.807, 2.05) is 36.4 Å². The number of anilines is 2. The molecule has 25 heavy (non-hydrogen) atoms. The molecule has 124 valence electrons. The number of nitrogens with zero attached hydrogens (tertiary/aromatic N) is 1. The Morgan fingerprint density at radius 2 is 1.72 bits per heavy atom. The molecule has 0 fully saturated rings. The normalized spacial score (nSPS) is 11.0. The Balaban J connectivity index is 1.79. The molecule has 1 aromatic heterocycles. The highest BCUT2D eigenvalue weighted by Gasteiger charge is 2.12. The highest BCUT2D eigenvalue weighted by molar-refractivity contribution is 6.34. The fourth-order valence-corrected chi connectivity index (χ4v) is 2.96. The quantitative estimate of drug-likeness (QED) is 0.480. The maximum Gasteiger partial charge on any atom is 0.160 e. The first-order valence-electron chi connectivity index (χ1n) is 7.57. The van der Waals surface area contributed by atoms with Crippen LogP contribution in [0.25, 0.3) is 22.0 Å². The van der Waals surface area contributed by atoms with Gasteiger partial charge in [0.25, 0.3) is 0 Å². The third kappa shape index (κ3) is 2.94. The van der Waals surface area contributed by atoms with Gasteiger partial charge in [-0.2, -0.15) is 5.10 Å². The van der Waals surface area contributed by atoms with Crippen molar-refractivity contribution in [2.24, 2.45) is 0 Å². The largest absolute Gasteiger partial charge is 0.338 e. The van der Waals surface area contributed by atoms with Crippen molar-refractivity contribution < 1.29 is 8.78 Å². The van der Waals surface area contributed by atoms with Gasteiger partial charge < -0.3 is 5.32 Å². The highest BCUT2D eigenvalue weighted by atomic mass is 35.5. The van der Waals surface area contributed by atoms with E-state index in [0.717, 1.165) is 34.2 Å². The van der Waals surface area contributed by atoms with E-state index in [2.05, 4.69) is 15.5 Å². The SMILES string of the molecule is Fc1ccc(Nc2n[nH]c3cc(Cl)c(-c4ccccc4)cc23)cc1F. The zero-order valence-corrected chi connectivity index (χ0v) is 13.6. The molecule has 0 aliphatic heterocycles. The van der Waals surface area contributed by atoms with Crippen LogP contribution in [0.1, 0.15) is 0 Å². The Hall–Kier alpha value is -2.92. The maximum atomic E-state index is 13.4. The molecule has 0 aliphatic carbocycles. The van der Waals surface area contributed by atoms with Gasteiger partial charge >= 0.3 is 0 Å². The molecule has 0 radical (unpaired) electrons. The third-order valence-electron chi connectivity index (χ3n) is 3.92. The number of benzene rings is 3. The second kappa shape index (κ2) is 6.18. The Kier molecular flexibility index (Phi) is 3.86. The Bertz CT molecular complexity index is 1060. The number of nitrogens with one attached hydrogen (secondary N) is 2. The molecule has 4 rings (SSSR count). The molecule has 4 aromatic rings. The van der Waals surface area contributed by atoms with Crippen molar-refractivity contribution in [1.29, 1.82) is 0 Å². The summed E-state index contributed by atoms with van der Waals surface area (Å²) in [7, 11) is 0. The standard InChI is InChI=1S/C19H12ClF2N3/c20-15-10-18-14(9-13(15)11-4-2-1-3-5-11)19(25-24-18)23-12-6-7-16(21)17(22)8-12/h1-10H,(H2,23,24,25). The molecule has 0 aliphatic rings. The summed E-state index contributed by atoms with van der Waals surface area (Å²) in [5.41, 5.74) is 3.00. The van der Waals surface area contributed by atoms with Crippen LogP contribution in [0.15, 0.2) is 60.7 Å². The number of rotatable bonds is 3. The van der Waals surface area contributed by atoms with Crippen molar-refractivity contribution in [2.75, 3.05) is 5.32 Å². The second-order valence-corrected chi connectivity index (χ2v) is 5.98. The minimum absolute atomic E-state index is 0.406. The average molecular weight is 356 g/mol. The lowest BCUT2D eigenvalue weighted by Crippen LogP contribution is -1.93. The molecular formula is C19H12ClF2N3. The van der Waals surface area contributed by atoms with Crippen LogP contribution in [-0.2, 0) is 0 Å². The van der Waals surface area contributed by atoms with E-state index < -0.39 is 11.6 Å². The number of aromatic amines is 1. The van der Waals surface area contributed by atoms with Crippen LogP contribution in [0.3, 0.4) is 0 Å². The van der Waals surface area contributed by atoms with Gasteiger partial charge in [-0.25, -0.2) is 8.78 Å². The zero-order chi connectivity index (χ0) is 17.4. The summed E-state index contributed by atoms with van der Waals surface area (Å²) in [4.78, 5) is 0. The van der Waals surface area contributed by atoms with E-state index in [1.54, 1.807) is 6.07 Å². The van der Waals surface area contributed by atoms with Crippen molar-refractivity contribution in [3.8, 4) is 11.1 Å². The van der Waals surface area contributed by atoms with Gasteiger partial charge in [0.15, 0.2) is 17.5 Å². The molecule has 2 N–H and O–H groups in total. The van der Waals surface area contributed by atoms with Gasteiger partial charge in [0.2, 0.25) is 0 Å². The molecule has 0 saturated heterocycles. The first-order valence-corrected chi connectivity index (χ1v) is 7.95. The molecule has 0 spiro atoms. The number of halogens is 3. The van der Waals surface area contributed by atoms with Gasteiger partial charge in [0.05, 0.1) is 10.5 Å². The van der Waals surface area contributed by atoms with E-state index in [1.165, 1.54) is 6.07 Å². The van der Waals surface area contributed by atoms with Crippen LogP contribution in [0, 0.1) is 11.6 Å². The molecule has 1 heterocycles. The Morgan fingerprint density at radius 3 is 2.48 bits per heavy atom. The van der Waals surface area contributed by atoms with E-state index in [4.69, 9.17) is 11.6 Å². The van der Waals surface area contributed by atoms with E-state index in [-0.39, 0.29) is 0 Å². The van der Waals surface area contributed by atoms with Crippen LogP contribution in [0.5, 0.6) is 0 Å². The van der Waals surface area contributed by atoms with Crippen molar-refractivity contribution in [3.63, 3.8) is 0 Å². The summed E-state index contributed by atoms with van der Waals surface area (Å²) in [5, 5.41) is 11.5. The lowest BCUT2D eigenvalue weighted by atomic mass is 10.0. The molecule has 0 saturated carbocycles. The maximum absolute atomic E-state index is 13.4. The molecule has 6 heteroatoms. The van der Waals surface area contributed by atoms with Gasteiger partial charge in [-0.15, -0.1) is 0 Å². The predicted octanol–water partition coefficient (Wildman–Crippen LogP) is 5.91. The number of H-pyrrole nitrogens is 1. The fraction of sp³-hybridized carbons (Fsp3) is 0. The van der Waals surface area contributed by atoms with Crippen LogP contribution < -0.4 is 5.32 Å². The van der Waals surface area contributed by atoms with Gasteiger partial charge in [-0.3, -0.25) is 5.10 Å². The molecule has 0 amide bonds. The second-order valence-electron chi connectivity index (χ2n) is 5.57. The summed E-state index contributed by atoms with van der Waals surface area (Å²) >= 11 is 6.39. The first-order chi connectivity index (χ1) is 12.1. The first kappa shape index (κ1) is 15.6. The Morgan fingerprint density at radius 1 is 0.920 bits per heavy atom. The number of hydrogen-bond donors (Lipinski definition) is 2. The summed E-state index contributed by atoms with van der Waals surface area (Å²) in [6.07, 6.45) is 0. The minimum atomic E-state index is -0.919. The van der Waals surface area contributed by atoms with Gasteiger partial charge in [-0.05, 0) is 29.8 Å². The average Bonchev–Trinajstić information content (AvgIpc) is 3.00. The number of fused-ring (bicyclic) bond motifs is 1. The van der Waals surface area contributed by atoms with Gasteiger partial charge in [-0.1, -0.05) is 41.9 Å². The molecule has 0 unspecified atom stereocenters. The number of hydrogen-bond acceptors (Lipinski definition) is 2. The summed E-state index contributed by atoms with van der Waals surface area (Å²) in [6.45, 7) is 0. The molecule has 3 nitrogen and oxygen atoms in total. The number of aromatic nitrogens is 2. The highest BCUT2D eigenvalue weighted by Crippen LogP contribution is 2.34. The summed E-state index contributed by atoms with van der Waals surface area (Å²) in [5.74, 6) is -1.30. The van der Waals surface area contributed by atoms with Crippen molar-refractivity contribution in [1.82, 2.24) is 10.2 Å².